The third-order valence-electron chi connectivity index (χ3n) is 5.47. The highest BCUT2D eigenvalue weighted by molar-refractivity contribution is 6.05. The van der Waals surface area contributed by atoms with Gasteiger partial charge >= 0.3 is 0 Å². The molecule has 2 N–H and O–H groups in total. The van der Waals surface area contributed by atoms with E-state index in [1.807, 2.05) is 42.5 Å². The lowest BCUT2D eigenvalue weighted by molar-refractivity contribution is 0.120. The lowest BCUT2D eigenvalue weighted by Gasteiger charge is -2.12. The molecule has 152 valence electrons. The van der Waals surface area contributed by atoms with E-state index >= 15 is 0 Å². The van der Waals surface area contributed by atoms with E-state index in [2.05, 4.69) is 27.4 Å². The predicted octanol–water partition coefficient (Wildman–Crippen LogP) is 4.64. The van der Waals surface area contributed by atoms with Crippen molar-refractivity contribution in [2.45, 2.75) is 25.6 Å². The normalized spacial score (nSPS) is 16.2. The van der Waals surface area contributed by atoms with Crippen molar-refractivity contribution in [3.63, 3.8) is 0 Å². The lowest BCUT2D eigenvalue weighted by atomic mass is 9.99. The number of rotatable bonds is 6. The van der Waals surface area contributed by atoms with E-state index in [1.165, 1.54) is 6.33 Å². The number of nitrogens with zero attached hydrogens (tertiary/aromatic N) is 2. The van der Waals surface area contributed by atoms with Crippen LogP contribution < -0.4 is 5.32 Å². The molecule has 0 unspecified atom stereocenters. The predicted molar refractivity (Wildman–Crippen MR) is 116 cm³/mol. The minimum atomic E-state index is 0.00866. The molecule has 6 nitrogen and oxygen atoms in total. The van der Waals surface area contributed by atoms with Gasteiger partial charge in [0.05, 0.1) is 18.1 Å². The van der Waals surface area contributed by atoms with Gasteiger partial charge in [-0.2, -0.15) is 0 Å². The molecule has 3 heterocycles. The summed E-state index contributed by atoms with van der Waals surface area (Å²) in [5.74, 6) is 1.48. The third-order valence-corrected chi connectivity index (χ3v) is 5.47. The molecule has 1 aliphatic heterocycles. The molecule has 6 heteroatoms. The molecular weight excluding hydrogens is 378 g/mol. The molecule has 0 bridgehead atoms. The minimum absolute atomic E-state index is 0.00866. The molecule has 0 radical (unpaired) electrons. The van der Waals surface area contributed by atoms with Gasteiger partial charge in [0.2, 0.25) is 5.71 Å². The Morgan fingerprint density at radius 3 is 2.57 bits per heavy atom. The van der Waals surface area contributed by atoms with Crippen molar-refractivity contribution < 1.29 is 14.3 Å². The molecule has 0 amide bonds. The van der Waals surface area contributed by atoms with Crippen LogP contribution in [0.3, 0.4) is 0 Å². The van der Waals surface area contributed by atoms with Crippen LogP contribution in [0.25, 0.3) is 33.6 Å². The first-order valence-electron chi connectivity index (χ1n) is 10.2. The second kappa shape index (κ2) is 8.26. The van der Waals surface area contributed by atoms with Crippen LogP contribution in [0.5, 0.6) is 0 Å². The van der Waals surface area contributed by atoms with Crippen molar-refractivity contribution in [1.82, 2.24) is 9.97 Å². The molecule has 1 saturated heterocycles. The molecule has 1 aliphatic rings. The Morgan fingerprint density at radius 2 is 1.83 bits per heavy atom. The summed E-state index contributed by atoms with van der Waals surface area (Å²) in [4.78, 5) is 8.92. The van der Waals surface area contributed by atoms with E-state index in [0.29, 0.717) is 12.3 Å². The fourth-order valence-electron chi connectivity index (χ4n) is 3.93. The Kier molecular flexibility index (Phi) is 5.17. The fourth-order valence-corrected chi connectivity index (χ4v) is 3.93. The highest BCUT2D eigenvalue weighted by Gasteiger charge is 2.23. The van der Waals surface area contributed by atoms with E-state index in [0.717, 1.165) is 58.7 Å². The number of nitrogens with one attached hydrogen (secondary N) is 1. The molecule has 0 aliphatic carbocycles. The topological polar surface area (TPSA) is 80.4 Å². The van der Waals surface area contributed by atoms with Crippen LogP contribution in [-0.2, 0) is 11.3 Å². The minimum Gasteiger partial charge on any atom is -0.437 e. The fraction of sp³-hybridized carbons (Fsp3) is 0.250. The van der Waals surface area contributed by atoms with Gasteiger partial charge < -0.3 is 19.6 Å². The Balaban J connectivity index is 1.65. The zero-order valence-electron chi connectivity index (χ0n) is 16.5. The van der Waals surface area contributed by atoms with Crippen LogP contribution >= 0.6 is 0 Å². The number of hydrogen-bond donors (Lipinski definition) is 2. The van der Waals surface area contributed by atoms with Gasteiger partial charge in [0.25, 0.3) is 0 Å². The molecular formula is C24H23N3O3. The molecule has 0 spiro atoms. The Hall–Kier alpha value is -3.22. The van der Waals surface area contributed by atoms with Crippen LogP contribution in [0, 0.1) is 0 Å². The average molecular weight is 401 g/mol. The molecule has 5 rings (SSSR count). The zero-order valence-corrected chi connectivity index (χ0v) is 16.5. The molecule has 30 heavy (non-hydrogen) atoms. The van der Waals surface area contributed by atoms with E-state index in [4.69, 9.17) is 9.15 Å². The number of furan rings is 1. The number of benzene rings is 2. The molecule has 0 saturated carbocycles. The number of anilines is 1. The van der Waals surface area contributed by atoms with Crippen molar-refractivity contribution >= 4 is 16.9 Å². The molecule has 2 aromatic carbocycles. The Bertz CT molecular complexity index is 1130. The summed E-state index contributed by atoms with van der Waals surface area (Å²) in [6, 6.07) is 17.9. The van der Waals surface area contributed by atoms with Gasteiger partial charge in [-0.3, -0.25) is 0 Å². The van der Waals surface area contributed by atoms with E-state index in [1.54, 1.807) is 0 Å². The van der Waals surface area contributed by atoms with E-state index in [-0.39, 0.29) is 12.7 Å². The van der Waals surface area contributed by atoms with Crippen LogP contribution in [0.4, 0.5) is 5.82 Å². The van der Waals surface area contributed by atoms with Gasteiger partial charge in [0, 0.05) is 24.3 Å². The summed E-state index contributed by atoms with van der Waals surface area (Å²) in [6.45, 7) is 1.53. The number of fused-ring (bicyclic) bond motifs is 1. The largest absolute Gasteiger partial charge is 0.437 e. The van der Waals surface area contributed by atoms with Gasteiger partial charge in [-0.05, 0) is 24.0 Å². The van der Waals surface area contributed by atoms with Crippen LogP contribution in [0.1, 0.15) is 18.4 Å². The average Bonchev–Trinajstić information content (AvgIpc) is 3.46. The summed E-state index contributed by atoms with van der Waals surface area (Å²) < 4.78 is 12.0. The van der Waals surface area contributed by atoms with Gasteiger partial charge in [0.15, 0.2) is 0 Å². The first-order chi connectivity index (χ1) is 14.8. The number of ether oxygens (including phenoxy) is 1. The van der Waals surface area contributed by atoms with Gasteiger partial charge in [-0.15, -0.1) is 0 Å². The summed E-state index contributed by atoms with van der Waals surface area (Å²) in [7, 11) is 0. The van der Waals surface area contributed by atoms with E-state index < -0.39 is 0 Å². The highest BCUT2D eigenvalue weighted by atomic mass is 16.5. The monoisotopic (exact) mass is 401 g/mol. The molecule has 1 fully saturated rings. The maximum Gasteiger partial charge on any atom is 0.232 e. The lowest BCUT2D eigenvalue weighted by Crippen LogP contribution is -2.19. The number of aromatic nitrogens is 2. The SMILES string of the molecule is OCc1ccc(-c2oc3ncnc(NC[C@@H]4CCCO4)c3c2-c2ccccc2)cc1. The van der Waals surface area contributed by atoms with Crippen LogP contribution in [0.2, 0.25) is 0 Å². The summed E-state index contributed by atoms with van der Waals surface area (Å²) in [5, 5.41) is 13.7. The summed E-state index contributed by atoms with van der Waals surface area (Å²) >= 11 is 0. The van der Waals surface area contributed by atoms with Crippen LogP contribution in [0.15, 0.2) is 65.3 Å². The maximum atomic E-state index is 9.37. The zero-order chi connectivity index (χ0) is 20.3. The first-order valence-corrected chi connectivity index (χ1v) is 10.2. The maximum absolute atomic E-state index is 9.37. The number of aliphatic hydroxyl groups is 1. The van der Waals surface area contributed by atoms with Gasteiger partial charge in [-0.25, -0.2) is 9.97 Å². The summed E-state index contributed by atoms with van der Waals surface area (Å²) in [5.41, 5.74) is 4.31. The molecule has 4 aromatic rings. The van der Waals surface area contributed by atoms with Crippen molar-refractivity contribution in [2.24, 2.45) is 0 Å². The van der Waals surface area contributed by atoms with Gasteiger partial charge in [-0.1, -0.05) is 54.6 Å². The quantitative estimate of drug-likeness (QED) is 0.490. The highest BCUT2D eigenvalue weighted by Crippen LogP contribution is 2.42. The molecule has 1 atom stereocenters. The summed E-state index contributed by atoms with van der Waals surface area (Å²) in [6.07, 6.45) is 3.88. The third kappa shape index (κ3) is 3.56. The Morgan fingerprint density at radius 1 is 1.00 bits per heavy atom. The van der Waals surface area contributed by atoms with Crippen molar-refractivity contribution in [3.8, 4) is 22.5 Å². The smallest absolute Gasteiger partial charge is 0.232 e. The molecule has 2 aromatic heterocycles. The standard InChI is InChI=1S/C24H23N3O3/c28-14-16-8-10-18(11-9-16)22-20(17-5-2-1-3-6-17)21-23(26-15-27-24(21)30-22)25-13-19-7-4-12-29-19/h1-3,5-6,8-11,15,19,28H,4,7,12-14H2,(H,25,26,27)/t19-/m0/s1. The van der Waals surface area contributed by atoms with Gasteiger partial charge in [0.1, 0.15) is 17.9 Å². The first kappa shape index (κ1) is 18.8. The number of hydrogen-bond acceptors (Lipinski definition) is 6. The van der Waals surface area contributed by atoms with E-state index in [9.17, 15) is 5.11 Å². The van der Waals surface area contributed by atoms with Crippen molar-refractivity contribution in [3.05, 3.63) is 66.5 Å². The van der Waals surface area contributed by atoms with Crippen molar-refractivity contribution in [2.75, 3.05) is 18.5 Å². The number of aliphatic hydroxyl groups excluding tert-OH is 1. The second-order valence-electron chi connectivity index (χ2n) is 7.45. The second-order valence-corrected chi connectivity index (χ2v) is 7.45. The Labute approximate surface area is 174 Å². The van der Waals surface area contributed by atoms with Crippen molar-refractivity contribution in [1.29, 1.82) is 0 Å². The van der Waals surface area contributed by atoms with Crippen LogP contribution in [-0.4, -0.2) is 34.3 Å².